The van der Waals surface area contributed by atoms with Crippen molar-refractivity contribution in [2.24, 2.45) is 4.99 Å². The molecule has 0 saturated carbocycles. The molecule has 0 unspecified atom stereocenters. The molecule has 1 aliphatic rings. The first kappa shape index (κ1) is 25.3. The average molecular weight is 471 g/mol. The maximum Gasteiger partial charge on any atom is 0.267 e. The van der Waals surface area contributed by atoms with Gasteiger partial charge in [0.05, 0.1) is 12.3 Å². The molecule has 0 radical (unpaired) electrons. The van der Waals surface area contributed by atoms with Crippen LogP contribution in [0.2, 0.25) is 0 Å². The summed E-state index contributed by atoms with van der Waals surface area (Å²) in [5, 5.41) is 0. The van der Waals surface area contributed by atoms with Gasteiger partial charge in [-0.15, -0.1) is 0 Å². The van der Waals surface area contributed by atoms with E-state index in [-0.39, 0.29) is 15.7 Å². The highest BCUT2D eigenvalue weighted by molar-refractivity contribution is 7.90. The van der Waals surface area contributed by atoms with Crippen LogP contribution in [0.5, 0.6) is 5.75 Å². The van der Waals surface area contributed by atoms with E-state index in [0.29, 0.717) is 31.1 Å². The summed E-state index contributed by atoms with van der Waals surface area (Å²) in [6, 6.07) is 13.4. The zero-order valence-corrected chi connectivity index (χ0v) is 21.9. The molecule has 0 aliphatic carbocycles. The normalized spacial score (nSPS) is 15.7. The zero-order chi connectivity index (χ0) is 24.4. The Morgan fingerprint density at radius 3 is 2.30 bits per heavy atom. The monoisotopic (exact) mass is 470 g/mol. The number of sulfonamides is 1. The Labute approximate surface area is 199 Å². The lowest BCUT2D eigenvalue weighted by molar-refractivity contribution is 0.292. The van der Waals surface area contributed by atoms with Gasteiger partial charge in [-0.25, -0.2) is 13.4 Å². The third-order valence-electron chi connectivity index (χ3n) is 7.10. The van der Waals surface area contributed by atoms with Crippen molar-refractivity contribution in [3.63, 3.8) is 0 Å². The smallest absolute Gasteiger partial charge is 0.267 e. The lowest BCUT2D eigenvalue weighted by atomic mass is 9.76. The van der Waals surface area contributed by atoms with Gasteiger partial charge in [-0.05, 0) is 54.4 Å². The van der Waals surface area contributed by atoms with E-state index in [0.717, 1.165) is 18.6 Å². The van der Waals surface area contributed by atoms with Crippen molar-refractivity contribution in [2.45, 2.75) is 83.5 Å². The second-order valence-corrected chi connectivity index (χ2v) is 11.9. The molecule has 3 rings (SSSR count). The highest BCUT2D eigenvalue weighted by atomic mass is 32.2. The number of para-hydroxylation sites is 1. The van der Waals surface area contributed by atoms with Crippen LogP contribution in [0.25, 0.3) is 0 Å². The van der Waals surface area contributed by atoms with Crippen LogP contribution < -0.4 is 4.74 Å². The van der Waals surface area contributed by atoms with Gasteiger partial charge in [0.25, 0.3) is 10.0 Å². The fourth-order valence-electron chi connectivity index (χ4n) is 3.96. The van der Waals surface area contributed by atoms with E-state index < -0.39 is 10.0 Å². The topological polar surface area (TPSA) is 59.0 Å². The van der Waals surface area contributed by atoms with Gasteiger partial charge in [0, 0.05) is 18.5 Å². The number of amidine groups is 1. The fraction of sp³-hybridized carbons (Fsp3) is 0.519. The maximum atomic E-state index is 13.1. The number of benzene rings is 2. The predicted molar refractivity (Wildman–Crippen MR) is 136 cm³/mol. The van der Waals surface area contributed by atoms with E-state index in [2.05, 4.69) is 64.7 Å². The summed E-state index contributed by atoms with van der Waals surface area (Å²) in [6.07, 6.45) is 2.64. The highest BCUT2D eigenvalue weighted by Crippen LogP contribution is 2.38. The van der Waals surface area contributed by atoms with Crippen molar-refractivity contribution in [1.29, 1.82) is 0 Å². The Hall–Kier alpha value is -2.34. The molecule has 0 bridgehead atoms. The summed E-state index contributed by atoms with van der Waals surface area (Å²) in [4.78, 5) is 4.74. The first-order valence-electron chi connectivity index (χ1n) is 11.9. The number of aliphatic imine (C=N–C) groups is 1. The predicted octanol–water partition coefficient (Wildman–Crippen LogP) is 6.59. The zero-order valence-electron chi connectivity index (χ0n) is 21.1. The summed E-state index contributed by atoms with van der Waals surface area (Å²) >= 11 is 0. The summed E-state index contributed by atoms with van der Waals surface area (Å²) in [5.74, 6) is 1.38. The Kier molecular flexibility index (Phi) is 7.27. The molecule has 0 atom stereocenters. The van der Waals surface area contributed by atoms with Crippen molar-refractivity contribution in [3.05, 3.63) is 53.6 Å². The van der Waals surface area contributed by atoms with Gasteiger partial charge in [-0.1, -0.05) is 65.8 Å². The van der Waals surface area contributed by atoms with Crippen molar-refractivity contribution in [2.75, 3.05) is 13.2 Å². The van der Waals surface area contributed by atoms with Crippen LogP contribution in [0.15, 0.2) is 52.4 Å². The van der Waals surface area contributed by atoms with E-state index in [1.807, 2.05) is 0 Å². The molecular formula is C27H38N2O3S. The first-order chi connectivity index (χ1) is 15.4. The van der Waals surface area contributed by atoms with Crippen LogP contribution >= 0.6 is 0 Å². The van der Waals surface area contributed by atoms with Gasteiger partial charge in [0.15, 0.2) is 0 Å². The average Bonchev–Trinajstić information content (AvgIpc) is 2.78. The molecule has 0 fully saturated rings. The summed E-state index contributed by atoms with van der Waals surface area (Å²) < 4.78 is 33.8. The minimum atomic E-state index is -3.59. The third-order valence-corrected chi connectivity index (χ3v) is 9.03. The van der Waals surface area contributed by atoms with Crippen LogP contribution in [0, 0.1) is 0 Å². The van der Waals surface area contributed by atoms with Crippen LogP contribution in [-0.4, -0.2) is 31.7 Å². The van der Waals surface area contributed by atoms with Gasteiger partial charge < -0.3 is 4.74 Å². The molecule has 33 heavy (non-hydrogen) atoms. The molecule has 6 heteroatoms. The number of nitrogens with zero attached hydrogens (tertiary/aromatic N) is 2. The lowest BCUT2D eigenvalue weighted by Crippen LogP contribution is -2.38. The molecule has 2 aromatic rings. The number of hydrogen-bond acceptors (Lipinski definition) is 4. The van der Waals surface area contributed by atoms with Gasteiger partial charge in [-0.3, -0.25) is 4.31 Å². The Morgan fingerprint density at radius 2 is 1.64 bits per heavy atom. The van der Waals surface area contributed by atoms with Crippen molar-refractivity contribution in [3.8, 4) is 5.75 Å². The molecule has 2 aromatic carbocycles. The quantitative estimate of drug-likeness (QED) is 0.389. The van der Waals surface area contributed by atoms with Crippen LogP contribution in [0.1, 0.15) is 78.9 Å². The van der Waals surface area contributed by atoms with Crippen molar-refractivity contribution < 1.29 is 13.2 Å². The number of rotatable bonds is 9. The van der Waals surface area contributed by atoms with E-state index in [1.165, 1.54) is 15.4 Å². The minimum absolute atomic E-state index is 0.0155. The third kappa shape index (κ3) is 5.11. The van der Waals surface area contributed by atoms with E-state index in [1.54, 1.807) is 31.2 Å². The van der Waals surface area contributed by atoms with Gasteiger partial charge in [-0.2, -0.15) is 0 Å². The molecule has 1 heterocycles. The molecule has 5 nitrogen and oxygen atoms in total. The number of ether oxygens (including phenoxy) is 1. The van der Waals surface area contributed by atoms with E-state index >= 15 is 0 Å². The molecule has 180 valence electrons. The number of fused-ring (bicyclic) bond motifs is 1. The molecule has 0 N–H and O–H groups in total. The van der Waals surface area contributed by atoms with Crippen LogP contribution in [0.3, 0.4) is 0 Å². The fourth-order valence-corrected chi connectivity index (χ4v) is 5.59. The largest absolute Gasteiger partial charge is 0.493 e. The molecule has 1 aliphatic heterocycles. The number of hydrogen-bond donors (Lipinski definition) is 0. The Balaban J connectivity index is 1.75. The van der Waals surface area contributed by atoms with E-state index in [9.17, 15) is 8.42 Å². The SMILES string of the molecule is CCC(C)(C)c1ccc(OCCCN2C(C)=Nc3ccccc3S2(=O)=O)c(C(C)(C)CC)c1. The van der Waals surface area contributed by atoms with Crippen LogP contribution in [-0.2, 0) is 20.9 Å². The van der Waals surface area contributed by atoms with Gasteiger partial charge >= 0.3 is 0 Å². The van der Waals surface area contributed by atoms with Gasteiger partial charge in [0.1, 0.15) is 16.5 Å². The Morgan fingerprint density at radius 1 is 0.970 bits per heavy atom. The second-order valence-electron chi connectivity index (χ2n) is 10.1. The minimum Gasteiger partial charge on any atom is -0.493 e. The van der Waals surface area contributed by atoms with Crippen LogP contribution in [0.4, 0.5) is 5.69 Å². The summed E-state index contributed by atoms with van der Waals surface area (Å²) in [6.45, 7) is 16.0. The molecule has 0 saturated heterocycles. The summed E-state index contributed by atoms with van der Waals surface area (Å²) in [7, 11) is -3.59. The standard InChI is InChI=1S/C27H38N2O3S/c1-8-26(4,5)21-15-16-24(22(19-21)27(6,7)9-2)32-18-12-17-29-20(3)28-23-13-10-11-14-25(23)33(29,30)31/h10-11,13-16,19H,8-9,12,17-18H2,1-7H3. The highest BCUT2D eigenvalue weighted by Gasteiger charge is 2.32. The second kappa shape index (κ2) is 9.49. The maximum absolute atomic E-state index is 13.1. The van der Waals surface area contributed by atoms with Crippen molar-refractivity contribution >= 4 is 21.5 Å². The molecular weight excluding hydrogens is 432 g/mol. The Bertz CT molecular complexity index is 1130. The summed E-state index contributed by atoms with van der Waals surface area (Å²) in [5.41, 5.74) is 3.12. The van der Waals surface area contributed by atoms with E-state index in [4.69, 9.17) is 4.74 Å². The molecule has 0 spiro atoms. The van der Waals surface area contributed by atoms with Crippen molar-refractivity contribution in [1.82, 2.24) is 4.31 Å². The lowest BCUT2D eigenvalue weighted by Gasteiger charge is -2.31. The van der Waals surface area contributed by atoms with Gasteiger partial charge in [0.2, 0.25) is 0 Å². The molecule has 0 aromatic heterocycles. The first-order valence-corrected chi connectivity index (χ1v) is 13.3. The molecule has 0 amide bonds.